The Bertz CT molecular complexity index is 391. The first-order valence-corrected chi connectivity index (χ1v) is 5.12. The number of hydrogen-bond donors (Lipinski definition) is 1. The van der Waals surface area contributed by atoms with Crippen molar-refractivity contribution in [1.29, 1.82) is 0 Å². The molecule has 0 saturated carbocycles. The molecule has 0 atom stereocenters. The van der Waals surface area contributed by atoms with E-state index in [9.17, 15) is 26.3 Å². The molecule has 1 rings (SSSR count). The van der Waals surface area contributed by atoms with Gasteiger partial charge in [0.25, 0.3) is 0 Å². The minimum absolute atomic E-state index is 0.136. The highest BCUT2D eigenvalue weighted by Gasteiger charge is 2.45. The lowest BCUT2D eigenvalue weighted by molar-refractivity contribution is -0.163. The van der Waals surface area contributed by atoms with Crippen LogP contribution in [0.4, 0.5) is 26.3 Å². The van der Waals surface area contributed by atoms with Gasteiger partial charge in [0.2, 0.25) is 0 Å². The van der Waals surface area contributed by atoms with Crippen LogP contribution in [0.1, 0.15) is 29.2 Å². The van der Waals surface area contributed by atoms with Gasteiger partial charge in [-0.3, -0.25) is 0 Å². The van der Waals surface area contributed by atoms with Crippen LogP contribution in [0.2, 0.25) is 0 Å². The molecule has 102 valence electrons. The molecule has 0 unspecified atom stereocenters. The Kier molecular flexibility index (Phi) is 3.95. The van der Waals surface area contributed by atoms with Gasteiger partial charge in [0.05, 0.1) is 11.1 Å². The molecule has 7 heteroatoms. The SMILES string of the molecule is CCc1ccc(CN)c(C(F)(F)F)c1C(F)(F)F. The van der Waals surface area contributed by atoms with E-state index >= 15 is 0 Å². The lowest BCUT2D eigenvalue weighted by Gasteiger charge is -2.21. The molecule has 0 spiro atoms. The van der Waals surface area contributed by atoms with Crippen LogP contribution in [0.15, 0.2) is 12.1 Å². The van der Waals surface area contributed by atoms with Crippen molar-refractivity contribution in [1.82, 2.24) is 0 Å². The molecule has 0 aromatic heterocycles. The largest absolute Gasteiger partial charge is 0.417 e. The third-order valence-electron chi connectivity index (χ3n) is 2.55. The van der Waals surface area contributed by atoms with Crippen molar-refractivity contribution in [2.75, 3.05) is 0 Å². The first-order valence-electron chi connectivity index (χ1n) is 5.12. The summed E-state index contributed by atoms with van der Waals surface area (Å²) in [4.78, 5) is 0. The standard InChI is InChI=1S/C11H11F6N/c1-2-6-3-4-7(5-18)9(11(15,16)17)8(6)10(12,13)14/h3-4H,2,5,18H2,1H3. The molecule has 0 aliphatic heterocycles. The summed E-state index contributed by atoms with van der Waals surface area (Å²) in [6, 6.07) is 2.04. The van der Waals surface area contributed by atoms with Gasteiger partial charge in [-0.1, -0.05) is 19.1 Å². The summed E-state index contributed by atoms with van der Waals surface area (Å²) in [5.74, 6) is 0. The Labute approximate surface area is 99.6 Å². The van der Waals surface area contributed by atoms with Gasteiger partial charge in [-0.25, -0.2) is 0 Å². The molecule has 0 fully saturated rings. The van der Waals surface area contributed by atoms with Gasteiger partial charge in [-0.2, -0.15) is 26.3 Å². The van der Waals surface area contributed by atoms with Gasteiger partial charge >= 0.3 is 12.4 Å². The predicted octanol–water partition coefficient (Wildman–Crippen LogP) is 3.75. The van der Waals surface area contributed by atoms with Crippen LogP contribution in [-0.4, -0.2) is 0 Å². The van der Waals surface area contributed by atoms with Crippen LogP contribution in [0.25, 0.3) is 0 Å². The average molecular weight is 271 g/mol. The maximum absolute atomic E-state index is 12.8. The lowest BCUT2D eigenvalue weighted by Crippen LogP contribution is -2.22. The number of aryl methyl sites for hydroxylation is 1. The molecule has 1 aromatic rings. The van der Waals surface area contributed by atoms with E-state index < -0.39 is 35.6 Å². The van der Waals surface area contributed by atoms with Gasteiger partial charge in [0.15, 0.2) is 0 Å². The van der Waals surface area contributed by atoms with E-state index in [0.717, 1.165) is 12.1 Å². The van der Waals surface area contributed by atoms with Crippen molar-refractivity contribution < 1.29 is 26.3 Å². The van der Waals surface area contributed by atoms with Crippen molar-refractivity contribution >= 4 is 0 Å². The van der Waals surface area contributed by atoms with Crippen LogP contribution >= 0.6 is 0 Å². The Morgan fingerprint density at radius 3 is 1.61 bits per heavy atom. The number of alkyl halides is 6. The van der Waals surface area contributed by atoms with E-state index in [2.05, 4.69) is 0 Å². The smallest absolute Gasteiger partial charge is 0.326 e. The van der Waals surface area contributed by atoms with E-state index in [0.29, 0.717) is 0 Å². The fraction of sp³-hybridized carbons (Fsp3) is 0.455. The maximum Gasteiger partial charge on any atom is 0.417 e. The summed E-state index contributed by atoms with van der Waals surface area (Å²) in [5.41, 5.74) is 0.858. The predicted molar refractivity (Wildman–Crippen MR) is 53.7 cm³/mol. The van der Waals surface area contributed by atoms with E-state index in [1.807, 2.05) is 0 Å². The zero-order valence-corrected chi connectivity index (χ0v) is 9.41. The Morgan fingerprint density at radius 1 is 0.889 bits per heavy atom. The summed E-state index contributed by atoms with van der Waals surface area (Å²) in [7, 11) is 0. The second-order valence-corrected chi connectivity index (χ2v) is 3.69. The highest BCUT2D eigenvalue weighted by atomic mass is 19.4. The Balaban J connectivity index is 3.71. The van der Waals surface area contributed by atoms with E-state index in [4.69, 9.17) is 5.73 Å². The number of rotatable bonds is 2. The monoisotopic (exact) mass is 271 g/mol. The highest BCUT2D eigenvalue weighted by Crippen LogP contribution is 2.43. The van der Waals surface area contributed by atoms with Crippen molar-refractivity contribution in [2.45, 2.75) is 32.2 Å². The summed E-state index contributed by atoms with van der Waals surface area (Å²) >= 11 is 0. The van der Waals surface area contributed by atoms with Crippen molar-refractivity contribution in [3.8, 4) is 0 Å². The number of halogens is 6. The second-order valence-electron chi connectivity index (χ2n) is 3.69. The van der Waals surface area contributed by atoms with Crippen LogP contribution in [0.3, 0.4) is 0 Å². The third kappa shape index (κ3) is 2.77. The Morgan fingerprint density at radius 2 is 1.28 bits per heavy atom. The molecular formula is C11H11F6N. The van der Waals surface area contributed by atoms with Crippen LogP contribution in [0, 0.1) is 0 Å². The lowest BCUT2D eigenvalue weighted by atomic mass is 9.93. The molecule has 0 amide bonds. The zero-order chi connectivity index (χ0) is 14.1. The van der Waals surface area contributed by atoms with Gasteiger partial charge in [0.1, 0.15) is 0 Å². The topological polar surface area (TPSA) is 26.0 Å². The fourth-order valence-electron chi connectivity index (χ4n) is 1.80. The summed E-state index contributed by atoms with van der Waals surface area (Å²) < 4.78 is 76.8. The van der Waals surface area contributed by atoms with Gasteiger partial charge in [-0.15, -0.1) is 0 Å². The van der Waals surface area contributed by atoms with Crippen LogP contribution in [-0.2, 0) is 25.3 Å². The number of hydrogen-bond acceptors (Lipinski definition) is 1. The molecule has 0 bridgehead atoms. The number of nitrogens with two attached hydrogens (primary N) is 1. The molecule has 0 aliphatic carbocycles. The average Bonchev–Trinajstić information content (AvgIpc) is 2.24. The minimum Gasteiger partial charge on any atom is -0.326 e. The molecule has 1 aromatic carbocycles. The first kappa shape index (κ1) is 14.8. The quantitative estimate of drug-likeness (QED) is 0.814. The van der Waals surface area contributed by atoms with Gasteiger partial charge in [-0.05, 0) is 17.5 Å². The summed E-state index contributed by atoms with van der Waals surface area (Å²) in [6.45, 7) is 0.773. The second kappa shape index (κ2) is 4.79. The summed E-state index contributed by atoms with van der Waals surface area (Å²) in [6.07, 6.45) is -10.3. The summed E-state index contributed by atoms with van der Waals surface area (Å²) in [5, 5.41) is 0. The van der Waals surface area contributed by atoms with E-state index in [1.54, 1.807) is 0 Å². The first-order chi connectivity index (χ1) is 8.12. The molecule has 18 heavy (non-hydrogen) atoms. The van der Waals surface area contributed by atoms with Crippen molar-refractivity contribution in [2.24, 2.45) is 5.73 Å². The fourth-order valence-corrected chi connectivity index (χ4v) is 1.80. The molecule has 0 radical (unpaired) electrons. The maximum atomic E-state index is 12.8. The normalized spacial score (nSPS) is 12.9. The number of benzene rings is 1. The minimum atomic E-state index is -5.08. The molecule has 0 saturated heterocycles. The molecule has 1 nitrogen and oxygen atoms in total. The zero-order valence-electron chi connectivity index (χ0n) is 9.41. The van der Waals surface area contributed by atoms with Crippen LogP contribution < -0.4 is 5.73 Å². The molecule has 0 heterocycles. The molecular weight excluding hydrogens is 260 g/mol. The van der Waals surface area contributed by atoms with E-state index in [-0.39, 0.29) is 12.0 Å². The van der Waals surface area contributed by atoms with E-state index in [1.165, 1.54) is 6.92 Å². The van der Waals surface area contributed by atoms with Crippen LogP contribution in [0.5, 0.6) is 0 Å². The van der Waals surface area contributed by atoms with Gasteiger partial charge in [0, 0.05) is 6.54 Å². The molecule has 0 aliphatic rings. The van der Waals surface area contributed by atoms with Crippen molar-refractivity contribution in [3.05, 3.63) is 34.4 Å². The molecule has 2 N–H and O–H groups in total. The van der Waals surface area contributed by atoms with Crippen molar-refractivity contribution in [3.63, 3.8) is 0 Å². The van der Waals surface area contributed by atoms with Gasteiger partial charge < -0.3 is 5.73 Å². The third-order valence-corrected chi connectivity index (χ3v) is 2.55. The Hall–Kier alpha value is -1.24. The highest BCUT2D eigenvalue weighted by molar-refractivity contribution is 5.45.